The molecule has 160 valence electrons. The maximum absolute atomic E-state index is 12.2. The topological polar surface area (TPSA) is 105 Å². The number of carbonyl (C=O) groups excluding carboxylic acids is 2. The molecule has 2 rings (SSSR count). The maximum Gasteiger partial charge on any atom is 0.343 e. The van der Waals surface area contributed by atoms with E-state index in [1.165, 1.54) is 18.2 Å². The zero-order valence-electron chi connectivity index (χ0n) is 17.6. The van der Waals surface area contributed by atoms with E-state index < -0.39 is 5.97 Å². The third-order valence-corrected chi connectivity index (χ3v) is 4.58. The second-order valence-electron chi connectivity index (χ2n) is 7.14. The van der Waals surface area contributed by atoms with Crippen LogP contribution in [0.4, 0.5) is 11.4 Å². The van der Waals surface area contributed by atoms with Crippen LogP contribution in [0, 0.1) is 0 Å². The molecule has 6 nitrogen and oxygen atoms in total. The quantitative estimate of drug-likeness (QED) is 0.188. The largest absolute Gasteiger partial charge is 0.459 e. The molecule has 0 spiro atoms. The molecule has 0 aromatic heterocycles. The van der Waals surface area contributed by atoms with Crippen molar-refractivity contribution < 1.29 is 19.1 Å². The Bertz CT molecular complexity index is 855. The van der Waals surface area contributed by atoms with Crippen molar-refractivity contribution >= 4 is 29.4 Å². The summed E-state index contributed by atoms with van der Waals surface area (Å²) in [7, 11) is 0. The molecule has 0 bridgehead atoms. The second-order valence-corrected chi connectivity index (χ2v) is 7.14. The van der Waals surface area contributed by atoms with Crippen LogP contribution in [0.25, 0.3) is 6.08 Å². The first-order chi connectivity index (χ1) is 14.4. The zero-order valence-corrected chi connectivity index (χ0v) is 17.6. The smallest absolute Gasteiger partial charge is 0.343 e. The molecule has 0 heterocycles. The fourth-order valence-corrected chi connectivity index (χ4v) is 2.94. The van der Waals surface area contributed by atoms with Gasteiger partial charge in [0.05, 0.1) is 5.56 Å². The number of esters is 2. The number of ether oxygens (including phenoxy) is 2. The van der Waals surface area contributed by atoms with E-state index in [-0.39, 0.29) is 17.6 Å². The Morgan fingerprint density at radius 2 is 1.67 bits per heavy atom. The summed E-state index contributed by atoms with van der Waals surface area (Å²) < 4.78 is 10.8. The first-order valence-electron chi connectivity index (χ1n) is 10.3. The van der Waals surface area contributed by atoms with Crippen molar-refractivity contribution in [3.8, 4) is 5.75 Å². The molecule has 0 radical (unpaired) electrons. The number of anilines is 2. The number of nitrogen functional groups attached to an aromatic ring is 2. The van der Waals surface area contributed by atoms with Crippen LogP contribution in [0.15, 0.2) is 48.5 Å². The SMILES string of the molecule is CCCCCC(CC)OC(=O)C=Cc1ccc(OC(=O)c2cc(N)cc(N)c2)cc1. The molecule has 0 amide bonds. The number of hydrogen-bond donors (Lipinski definition) is 2. The van der Waals surface area contributed by atoms with Gasteiger partial charge in [-0.1, -0.05) is 38.8 Å². The van der Waals surface area contributed by atoms with Crippen molar-refractivity contribution in [1.82, 2.24) is 0 Å². The van der Waals surface area contributed by atoms with E-state index >= 15 is 0 Å². The first-order valence-corrected chi connectivity index (χ1v) is 10.3. The van der Waals surface area contributed by atoms with Crippen LogP contribution < -0.4 is 16.2 Å². The lowest BCUT2D eigenvalue weighted by Gasteiger charge is -2.14. The molecule has 0 aliphatic carbocycles. The highest BCUT2D eigenvalue weighted by Gasteiger charge is 2.11. The fraction of sp³-hybridized carbons (Fsp3) is 0.333. The molecular formula is C24H30N2O4. The van der Waals surface area contributed by atoms with Crippen LogP contribution in [-0.2, 0) is 9.53 Å². The number of benzene rings is 2. The number of unbranched alkanes of at least 4 members (excludes halogenated alkanes) is 2. The molecule has 4 N–H and O–H groups in total. The Hall–Kier alpha value is -3.28. The van der Waals surface area contributed by atoms with Gasteiger partial charge >= 0.3 is 11.9 Å². The number of carbonyl (C=O) groups is 2. The van der Waals surface area contributed by atoms with Crippen LogP contribution in [0.1, 0.15) is 61.9 Å². The normalized spacial score (nSPS) is 11.9. The second kappa shape index (κ2) is 11.7. The van der Waals surface area contributed by atoms with Crippen molar-refractivity contribution in [3.63, 3.8) is 0 Å². The van der Waals surface area contributed by atoms with Crippen molar-refractivity contribution in [2.24, 2.45) is 0 Å². The van der Waals surface area contributed by atoms with Crippen molar-refractivity contribution in [2.75, 3.05) is 11.5 Å². The average molecular weight is 411 g/mol. The Morgan fingerprint density at radius 3 is 2.27 bits per heavy atom. The van der Waals surface area contributed by atoms with Gasteiger partial charge in [-0.15, -0.1) is 0 Å². The van der Waals surface area contributed by atoms with Gasteiger partial charge in [-0.05, 0) is 61.2 Å². The average Bonchev–Trinajstić information content (AvgIpc) is 2.72. The zero-order chi connectivity index (χ0) is 21.9. The Balaban J connectivity index is 1.90. The lowest BCUT2D eigenvalue weighted by molar-refractivity contribution is -0.143. The van der Waals surface area contributed by atoms with E-state index in [2.05, 4.69) is 6.92 Å². The highest BCUT2D eigenvalue weighted by atomic mass is 16.5. The van der Waals surface area contributed by atoms with Crippen LogP contribution in [0.5, 0.6) is 5.75 Å². The van der Waals surface area contributed by atoms with Gasteiger partial charge in [-0.3, -0.25) is 0 Å². The van der Waals surface area contributed by atoms with Gasteiger partial charge in [0.25, 0.3) is 0 Å². The minimum Gasteiger partial charge on any atom is -0.459 e. The Labute approximate surface area is 177 Å². The first kappa shape index (κ1) is 23.0. The minimum atomic E-state index is -0.547. The van der Waals surface area contributed by atoms with Crippen molar-refractivity contribution in [3.05, 3.63) is 59.7 Å². The third-order valence-electron chi connectivity index (χ3n) is 4.58. The molecule has 6 heteroatoms. The Morgan fingerprint density at radius 1 is 1.00 bits per heavy atom. The molecule has 0 aliphatic heterocycles. The number of hydrogen-bond acceptors (Lipinski definition) is 6. The van der Waals surface area contributed by atoms with Crippen molar-refractivity contribution in [1.29, 1.82) is 0 Å². The number of nitrogens with two attached hydrogens (primary N) is 2. The summed E-state index contributed by atoms with van der Waals surface area (Å²) in [5, 5.41) is 0. The molecule has 0 fully saturated rings. The summed E-state index contributed by atoms with van der Waals surface area (Å²) in [6.45, 7) is 4.17. The molecule has 30 heavy (non-hydrogen) atoms. The monoisotopic (exact) mass is 410 g/mol. The van der Waals surface area contributed by atoms with Gasteiger partial charge in [0.2, 0.25) is 0 Å². The minimum absolute atomic E-state index is 0.0449. The van der Waals surface area contributed by atoms with Crippen LogP contribution in [0.2, 0.25) is 0 Å². The summed E-state index contributed by atoms with van der Waals surface area (Å²) in [5.74, 6) is -0.523. The lowest BCUT2D eigenvalue weighted by atomic mass is 10.1. The maximum atomic E-state index is 12.2. The van der Waals surface area contributed by atoms with Gasteiger partial charge in [-0.25, -0.2) is 9.59 Å². The van der Waals surface area contributed by atoms with Crippen molar-refractivity contribution in [2.45, 2.75) is 52.1 Å². The molecule has 1 unspecified atom stereocenters. The van der Waals surface area contributed by atoms with Crippen LogP contribution >= 0.6 is 0 Å². The molecular weight excluding hydrogens is 380 g/mol. The van der Waals surface area contributed by atoms with E-state index in [0.717, 1.165) is 37.7 Å². The van der Waals surface area contributed by atoms with E-state index in [4.69, 9.17) is 20.9 Å². The predicted molar refractivity (Wildman–Crippen MR) is 120 cm³/mol. The van der Waals surface area contributed by atoms with E-state index in [0.29, 0.717) is 17.1 Å². The Kier molecular flexibility index (Phi) is 8.94. The summed E-state index contributed by atoms with van der Waals surface area (Å²) in [6, 6.07) is 11.4. The predicted octanol–water partition coefficient (Wildman–Crippen LogP) is 4.99. The molecule has 0 aliphatic rings. The van der Waals surface area contributed by atoms with Gasteiger partial charge in [0.15, 0.2) is 0 Å². The molecule has 1 atom stereocenters. The molecule has 2 aromatic rings. The van der Waals surface area contributed by atoms with Crippen LogP contribution in [-0.4, -0.2) is 18.0 Å². The number of rotatable bonds is 10. The highest BCUT2D eigenvalue weighted by molar-refractivity contribution is 5.93. The summed E-state index contributed by atoms with van der Waals surface area (Å²) in [5.41, 5.74) is 13.3. The van der Waals surface area contributed by atoms with Gasteiger partial charge in [-0.2, -0.15) is 0 Å². The van der Waals surface area contributed by atoms with Gasteiger partial charge < -0.3 is 20.9 Å². The summed E-state index contributed by atoms with van der Waals surface area (Å²) >= 11 is 0. The summed E-state index contributed by atoms with van der Waals surface area (Å²) in [6.07, 6.45) is 8.09. The van der Waals surface area contributed by atoms with Gasteiger partial charge in [0, 0.05) is 17.5 Å². The van der Waals surface area contributed by atoms with E-state index in [1.54, 1.807) is 36.4 Å². The van der Waals surface area contributed by atoms with E-state index in [1.807, 2.05) is 6.92 Å². The molecule has 0 saturated carbocycles. The molecule has 2 aromatic carbocycles. The van der Waals surface area contributed by atoms with Crippen LogP contribution in [0.3, 0.4) is 0 Å². The molecule has 0 saturated heterocycles. The highest BCUT2D eigenvalue weighted by Crippen LogP contribution is 2.18. The third kappa shape index (κ3) is 7.62. The fourth-order valence-electron chi connectivity index (χ4n) is 2.94. The van der Waals surface area contributed by atoms with Gasteiger partial charge in [0.1, 0.15) is 11.9 Å². The lowest BCUT2D eigenvalue weighted by Crippen LogP contribution is -2.15. The summed E-state index contributed by atoms with van der Waals surface area (Å²) in [4.78, 5) is 24.3. The standard InChI is InChI=1S/C24H30N2O4/c1-3-5-6-7-21(4-2)29-23(27)13-10-17-8-11-22(12-9-17)30-24(28)18-14-19(25)16-20(26)15-18/h8-16,21H,3-7,25-26H2,1-2H3. The van der Waals surface area contributed by atoms with E-state index in [9.17, 15) is 9.59 Å².